The second-order valence-corrected chi connectivity index (χ2v) is 6.03. The van der Waals surface area contributed by atoms with Crippen LogP contribution in [0, 0.1) is 13.8 Å². The first-order chi connectivity index (χ1) is 11.5. The maximum absolute atomic E-state index is 12.5. The van der Waals surface area contributed by atoms with Crippen LogP contribution in [0.5, 0.6) is 5.75 Å². The van der Waals surface area contributed by atoms with Crippen LogP contribution in [-0.2, 0) is 0 Å². The molecule has 3 aromatic rings. The van der Waals surface area contributed by atoms with Gasteiger partial charge in [0, 0.05) is 5.39 Å². The fraction of sp³-hybridized carbons (Fsp3) is 0.250. The number of hydrogen-bond donors (Lipinski definition) is 1. The quantitative estimate of drug-likeness (QED) is 0.766. The van der Waals surface area contributed by atoms with E-state index in [2.05, 4.69) is 31.3 Å². The van der Waals surface area contributed by atoms with Crippen LogP contribution in [0.3, 0.4) is 0 Å². The molecule has 24 heavy (non-hydrogen) atoms. The maximum atomic E-state index is 12.5. The Morgan fingerprint density at radius 3 is 2.62 bits per heavy atom. The van der Waals surface area contributed by atoms with Crippen molar-refractivity contribution in [2.45, 2.75) is 26.8 Å². The topological polar surface area (TPSA) is 51.5 Å². The van der Waals surface area contributed by atoms with E-state index in [1.54, 1.807) is 13.2 Å². The van der Waals surface area contributed by atoms with Gasteiger partial charge in [0.1, 0.15) is 0 Å². The number of furan rings is 1. The summed E-state index contributed by atoms with van der Waals surface area (Å²) < 4.78 is 11.0. The second-order valence-electron chi connectivity index (χ2n) is 6.03. The summed E-state index contributed by atoms with van der Waals surface area (Å²) in [6.07, 6.45) is 0. The van der Waals surface area contributed by atoms with Crippen LogP contribution in [0.4, 0.5) is 0 Å². The van der Waals surface area contributed by atoms with Gasteiger partial charge in [-0.2, -0.15) is 0 Å². The summed E-state index contributed by atoms with van der Waals surface area (Å²) in [6, 6.07) is 13.4. The molecule has 1 aromatic heterocycles. The van der Waals surface area contributed by atoms with Crippen LogP contribution < -0.4 is 10.1 Å². The molecule has 1 N–H and O–H groups in total. The third kappa shape index (κ3) is 3.00. The van der Waals surface area contributed by atoms with E-state index >= 15 is 0 Å². The zero-order chi connectivity index (χ0) is 17.3. The number of amides is 1. The third-order valence-corrected chi connectivity index (χ3v) is 4.33. The highest BCUT2D eigenvalue weighted by Crippen LogP contribution is 2.28. The fourth-order valence-electron chi connectivity index (χ4n) is 2.69. The van der Waals surface area contributed by atoms with Gasteiger partial charge in [0.15, 0.2) is 17.1 Å². The van der Waals surface area contributed by atoms with Crippen molar-refractivity contribution < 1.29 is 13.9 Å². The molecule has 1 amide bonds. The van der Waals surface area contributed by atoms with Gasteiger partial charge < -0.3 is 14.5 Å². The zero-order valence-corrected chi connectivity index (χ0v) is 14.3. The summed E-state index contributed by atoms with van der Waals surface area (Å²) >= 11 is 0. The van der Waals surface area contributed by atoms with Crippen molar-refractivity contribution in [2.24, 2.45) is 0 Å². The molecule has 0 radical (unpaired) electrons. The lowest BCUT2D eigenvalue weighted by atomic mass is 10.0. The van der Waals surface area contributed by atoms with Gasteiger partial charge in [0.25, 0.3) is 5.91 Å². The Hall–Kier alpha value is -2.75. The molecule has 0 saturated heterocycles. The molecule has 0 saturated carbocycles. The molecule has 0 spiro atoms. The first kappa shape index (κ1) is 16.1. The lowest BCUT2D eigenvalue weighted by Gasteiger charge is -2.14. The minimum Gasteiger partial charge on any atom is -0.493 e. The molecule has 2 aromatic carbocycles. The SMILES string of the molecule is COc1cccc2cc(C(=O)N[C@H](C)c3ccc(C)c(C)c3)oc12. The van der Waals surface area contributed by atoms with Crippen LogP contribution in [0.15, 0.2) is 46.9 Å². The minimum atomic E-state index is -0.237. The van der Waals surface area contributed by atoms with Crippen molar-refractivity contribution in [3.8, 4) is 5.75 Å². The Labute approximate surface area is 141 Å². The minimum absolute atomic E-state index is 0.105. The van der Waals surface area contributed by atoms with Gasteiger partial charge in [0.2, 0.25) is 0 Å². The van der Waals surface area contributed by atoms with E-state index in [0.29, 0.717) is 11.3 Å². The van der Waals surface area contributed by atoms with Gasteiger partial charge in [-0.3, -0.25) is 4.79 Å². The maximum Gasteiger partial charge on any atom is 0.287 e. The van der Waals surface area contributed by atoms with Crippen LogP contribution in [0.1, 0.15) is 40.2 Å². The van der Waals surface area contributed by atoms with E-state index in [4.69, 9.17) is 9.15 Å². The number of hydrogen-bond acceptors (Lipinski definition) is 3. The van der Waals surface area contributed by atoms with Crippen molar-refractivity contribution in [2.75, 3.05) is 7.11 Å². The molecule has 0 aliphatic heterocycles. The number of carbonyl (C=O) groups is 1. The van der Waals surface area contributed by atoms with E-state index in [1.807, 2.05) is 31.2 Å². The first-order valence-corrected chi connectivity index (χ1v) is 7.94. The number of benzene rings is 2. The molecule has 1 atom stereocenters. The molecule has 0 bridgehead atoms. The molecular formula is C20H21NO3. The number of para-hydroxylation sites is 1. The van der Waals surface area contributed by atoms with Gasteiger partial charge >= 0.3 is 0 Å². The van der Waals surface area contributed by atoms with Crippen LogP contribution in [0.25, 0.3) is 11.0 Å². The molecular weight excluding hydrogens is 302 g/mol. The van der Waals surface area contributed by atoms with E-state index in [1.165, 1.54) is 11.1 Å². The third-order valence-electron chi connectivity index (χ3n) is 4.33. The Balaban J connectivity index is 1.82. The van der Waals surface area contributed by atoms with Crippen LogP contribution >= 0.6 is 0 Å². The van der Waals surface area contributed by atoms with E-state index in [0.717, 1.165) is 10.9 Å². The van der Waals surface area contributed by atoms with Gasteiger partial charge in [-0.15, -0.1) is 0 Å². The second kappa shape index (κ2) is 6.40. The van der Waals surface area contributed by atoms with Crippen molar-refractivity contribution in [1.82, 2.24) is 5.32 Å². The summed E-state index contributed by atoms with van der Waals surface area (Å²) in [7, 11) is 1.58. The highest BCUT2D eigenvalue weighted by atomic mass is 16.5. The number of rotatable bonds is 4. The summed E-state index contributed by atoms with van der Waals surface area (Å²) in [5.74, 6) is 0.665. The predicted molar refractivity (Wildman–Crippen MR) is 94.6 cm³/mol. The summed E-state index contributed by atoms with van der Waals surface area (Å²) in [6.45, 7) is 6.11. The predicted octanol–water partition coefficient (Wildman–Crippen LogP) is 4.55. The molecule has 124 valence electrons. The molecule has 0 unspecified atom stereocenters. The Kier molecular flexibility index (Phi) is 4.30. The number of nitrogens with one attached hydrogen (secondary N) is 1. The lowest BCUT2D eigenvalue weighted by Crippen LogP contribution is -2.26. The highest BCUT2D eigenvalue weighted by Gasteiger charge is 2.17. The fourth-order valence-corrected chi connectivity index (χ4v) is 2.69. The van der Waals surface area contributed by atoms with Crippen LogP contribution in [-0.4, -0.2) is 13.0 Å². The van der Waals surface area contributed by atoms with Crippen molar-refractivity contribution in [3.05, 3.63) is 64.9 Å². The van der Waals surface area contributed by atoms with Gasteiger partial charge in [-0.25, -0.2) is 0 Å². The van der Waals surface area contributed by atoms with E-state index < -0.39 is 0 Å². The molecule has 0 aliphatic rings. The number of methoxy groups -OCH3 is 1. The Morgan fingerprint density at radius 1 is 1.12 bits per heavy atom. The van der Waals surface area contributed by atoms with Gasteiger partial charge in [-0.05, 0) is 49.6 Å². The standard InChI is InChI=1S/C20H21NO3/c1-12-8-9-15(10-13(12)2)14(3)21-20(22)18-11-16-6-5-7-17(23-4)19(16)24-18/h5-11,14H,1-4H3,(H,21,22)/t14-/m1/s1. The number of ether oxygens (including phenoxy) is 1. The normalized spacial score (nSPS) is 12.2. The van der Waals surface area contributed by atoms with Gasteiger partial charge in [-0.1, -0.05) is 30.3 Å². The molecule has 4 heteroatoms. The lowest BCUT2D eigenvalue weighted by molar-refractivity contribution is 0.0914. The Bertz CT molecular complexity index is 895. The average molecular weight is 323 g/mol. The first-order valence-electron chi connectivity index (χ1n) is 7.94. The highest BCUT2D eigenvalue weighted by molar-refractivity contribution is 5.97. The van der Waals surface area contributed by atoms with E-state index in [9.17, 15) is 4.79 Å². The number of carbonyl (C=O) groups excluding carboxylic acids is 1. The summed E-state index contributed by atoms with van der Waals surface area (Å²) in [5.41, 5.74) is 4.10. The van der Waals surface area contributed by atoms with E-state index in [-0.39, 0.29) is 17.7 Å². The molecule has 3 rings (SSSR count). The summed E-state index contributed by atoms with van der Waals surface area (Å²) in [5, 5.41) is 3.83. The van der Waals surface area contributed by atoms with Crippen molar-refractivity contribution in [3.63, 3.8) is 0 Å². The van der Waals surface area contributed by atoms with Crippen LogP contribution in [0.2, 0.25) is 0 Å². The Morgan fingerprint density at radius 2 is 1.92 bits per heavy atom. The molecule has 0 aliphatic carbocycles. The molecule has 4 nitrogen and oxygen atoms in total. The van der Waals surface area contributed by atoms with Gasteiger partial charge in [0.05, 0.1) is 13.2 Å². The number of fused-ring (bicyclic) bond motifs is 1. The molecule has 1 heterocycles. The van der Waals surface area contributed by atoms with Crippen molar-refractivity contribution >= 4 is 16.9 Å². The van der Waals surface area contributed by atoms with Crippen molar-refractivity contribution in [1.29, 1.82) is 0 Å². The summed E-state index contributed by atoms with van der Waals surface area (Å²) in [4.78, 5) is 12.5. The smallest absolute Gasteiger partial charge is 0.287 e. The zero-order valence-electron chi connectivity index (χ0n) is 14.3. The molecule has 0 fully saturated rings. The average Bonchev–Trinajstić information content (AvgIpc) is 3.01. The number of aryl methyl sites for hydroxylation is 2. The largest absolute Gasteiger partial charge is 0.493 e. The monoisotopic (exact) mass is 323 g/mol.